The van der Waals surface area contributed by atoms with E-state index in [0.29, 0.717) is 11.2 Å². The zero-order chi connectivity index (χ0) is 19.7. The van der Waals surface area contributed by atoms with Crippen LogP contribution in [0.1, 0.15) is 12.6 Å². The second-order valence-corrected chi connectivity index (χ2v) is 5.96. The molecule has 3 rings (SSSR count). The molecule has 1 saturated heterocycles. The molecule has 7 N–H and O–H groups in total. The number of esters is 1. The van der Waals surface area contributed by atoms with Crippen molar-refractivity contribution in [2.45, 2.75) is 37.0 Å². The fourth-order valence-electron chi connectivity index (χ4n) is 2.65. The van der Waals surface area contributed by atoms with Crippen molar-refractivity contribution in [2.24, 2.45) is 5.73 Å². The number of carboxylic acids is 1. The van der Waals surface area contributed by atoms with E-state index in [0.717, 1.165) is 0 Å². The van der Waals surface area contributed by atoms with Crippen LogP contribution in [0.25, 0.3) is 11.2 Å². The minimum Gasteiger partial charge on any atom is -0.480 e. The van der Waals surface area contributed by atoms with Gasteiger partial charge in [-0.15, -0.1) is 0 Å². The highest BCUT2D eigenvalue weighted by Crippen LogP contribution is 2.32. The number of anilines is 1. The highest BCUT2D eigenvalue weighted by Gasteiger charge is 2.45. The molecule has 2 aromatic rings. The minimum absolute atomic E-state index is 0.145. The molecular weight excluding hydrogens is 364 g/mol. The van der Waals surface area contributed by atoms with E-state index in [1.54, 1.807) is 0 Å². The first-order valence-corrected chi connectivity index (χ1v) is 7.88. The molecule has 0 unspecified atom stereocenters. The molecule has 2 aromatic heterocycles. The lowest BCUT2D eigenvalue weighted by atomic mass is 10.1. The fraction of sp³-hybridized carbons (Fsp3) is 0.500. The third kappa shape index (κ3) is 3.66. The van der Waals surface area contributed by atoms with Gasteiger partial charge in [-0.2, -0.15) is 0 Å². The van der Waals surface area contributed by atoms with Gasteiger partial charge in [-0.3, -0.25) is 14.2 Å². The van der Waals surface area contributed by atoms with Gasteiger partial charge in [-0.1, -0.05) is 0 Å². The molecule has 1 aliphatic heterocycles. The van der Waals surface area contributed by atoms with Crippen LogP contribution in [-0.2, 0) is 19.1 Å². The number of aromatic nitrogens is 4. The summed E-state index contributed by atoms with van der Waals surface area (Å²) in [5, 5.41) is 29.1. The van der Waals surface area contributed by atoms with Crippen LogP contribution in [0.2, 0.25) is 0 Å². The minimum atomic E-state index is -1.40. The number of aliphatic hydroxyl groups is 2. The molecular formula is C14H18N6O7. The van der Waals surface area contributed by atoms with Crippen molar-refractivity contribution in [3.63, 3.8) is 0 Å². The van der Waals surface area contributed by atoms with E-state index in [2.05, 4.69) is 15.0 Å². The smallest absolute Gasteiger partial charge is 0.321 e. The lowest BCUT2D eigenvalue weighted by Gasteiger charge is -2.16. The van der Waals surface area contributed by atoms with E-state index >= 15 is 0 Å². The molecule has 0 radical (unpaired) electrons. The second kappa shape index (κ2) is 7.40. The van der Waals surface area contributed by atoms with E-state index in [1.165, 1.54) is 17.2 Å². The average molecular weight is 382 g/mol. The van der Waals surface area contributed by atoms with Crippen molar-refractivity contribution < 1.29 is 34.4 Å². The first kappa shape index (κ1) is 18.9. The first-order valence-electron chi connectivity index (χ1n) is 7.88. The number of aliphatic hydroxyl groups excluding tert-OH is 2. The number of nitrogen functional groups attached to an aromatic ring is 1. The van der Waals surface area contributed by atoms with E-state index in [-0.39, 0.29) is 5.82 Å². The monoisotopic (exact) mass is 382 g/mol. The van der Waals surface area contributed by atoms with Gasteiger partial charge < -0.3 is 36.3 Å². The number of carbonyl (C=O) groups excluding carboxylic acids is 1. The summed E-state index contributed by atoms with van der Waals surface area (Å²) in [5.74, 6) is -2.06. The van der Waals surface area contributed by atoms with Crippen molar-refractivity contribution in [1.29, 1.82) is 0 Å². The fourth-order valence-corrected chi connectivity index (χ4v) is 2.65. The average Bonchev–Trinajstić information content (AvgIpc) is 3.16. The number of hydrogen-bond acceptors (Lipinski definition) is 11. The van der Waals surface area contributed by atoms with Crippen LogP contribution in [0.15, 0.2) is 12.7 Å². The van der Waals surface area contributed by atoms with Gasteiger partial charge >= 0.3 is 11.9 Å². The molecule has 13 heteroatoms. The third-order valence-electron chi connectivity index (χ3n) is 4.11. The molecule has 0 aliphatic carbocycles. The van der Waals surface area contributed by atoms with Crippen LogP contribution >= 0.6 is 0 Å². The summed E-state index contributed by atoms with van der Waals surface area (Å²) < 4.78 is 11.8. The Kier molecular flexibility index (Phi) is 5.18. The second-order valence-electron chi connectivity index (χ2n) is 5.96. The number of aliphatic carboxylic acids is 1. The summed E-state index contributed by atoms with van der Waals surface area (Å²) >= 11 is 0. The molecule has 3 heterocycles. The Morgan fingerprint density at radius 3 is 2.74 bits per heavy atom. The maximum atomic E-state index is 11.6. The quantitative estimate of drug-likeness (QED) is 0.325. The molecule has 27 heavy (non-hydrogen) atoms. The number of imidazole rings is 1. The lowest BCUT2D eigenvalue weighted by Crippen LogP contribution is -2.36. The molecule has 1 fully saturated rings. The van der Waals surface area contributed by atoms with Gasteiger partial charge in [0.1, 0.15) is 42.8 Å². The largest absolute Gasteiger partial charge is 0.480 e. The van der Waals surface area contributed by atoms with Crippen LogP contribution in [0.3, 0.4) is 0 Å². The molecule has 0 bridgehead atoms. The number of rotatable bonds is 6. The van der Waals surface area contributed by atoms with Gasteiger partial charge in [0.25, 0.3) is 0 Å². The summed E-state index contributed by atoms with van der Waals surface area (Å²) in [4.78, 5) is 34.2. The number of nitrogens with zero attached hydrogens (tertiary/aromatic N) is 4. The van der Waals surface area contributed by atoms with Crippen molar-refractivity contribution in [3.8, 4) is 0 Å². The van der Waals surface area contributed by atoms with Gasteiger partial charge in [-0.05, 0) is 0 Å². The Bertz CT molecular complexity index is 858. The molecule has 13 nitrogen and oxygen atoms in total. The van der Waals surface area contributed by atoms with E-state index < -0.39 is 55.5 Å². The normalized spacial score (nSPS) is 26.2. The first-order chi connectivity index (χ1) is 12.8. The van der Waals surface area contributed by atoms with Crippen molar-refractivity contribution in [3.05, 3.63) is 12.7 Å². The topological polar surface area (TPSA) is 209 Å². The van der Waals surface area contributed by atoms with E-state index in [9.17, 15) is 19.8 Å². The zero-order valence-electron chi connectivity index (χ0n) is 13.9. The number of fused-ring (bicyclic) bond motifs is 1. The molecule has 5 atom stereocenters. The third-order valence-corrected chi connectivity index (χ3v) is 4.11. The predicted octanol–water partition coefficient (Wildman–Crippen LogP) is -2.63. The summed E-state index contributed by atoms with van der Waals surface area (Å²) in [6.45, 7) is -0.399. The van der Waals surface area contributed by atoms with Crippen LogP contribution in [0, 0.1) is 0 Å². The Morgan fingerprint density at radius 2 is 2.04 bits per heavy atom. The van der Waals surface area contributed by atoms with Gasteiger partial charge in [0.15, 0.2) is 17.7 Å². The lowest BCUT2D eigenvalue weighted by molar-refractivity contribution is -0.153. The van der Waals surface area contributed by atoms with E-state index in [4.69, 9.17) is 26.0 Å². The Labute approximate surface area is 151 Å². The molecule has 0 spiro atoms. The van der Waals surface area contributed by atoms with Crippen LogP contribution in [0.5, 0.6) is 0 Å². The van der Waals surface area contributed by atoms with Crippen molar-refractivity contribution >= 4 is 28.9 Å². The van der Waals surface area contributed by atoms with Gasteiger partial charge in [0.05, 0.1) is 12.7 Å². The molecule has 0 aromatic carbocycles. The Morgan fingerprint density at radius 1 is 1.30 bits per heavy atom. The maximum absolute atomic E-state index is 11.6. The van der Waals surface area contributed by atoms with Crippen molar-refractivity contribution in [1.82, 2.24) is 19.5 Å². The molecule has 0 amide bonds. The van der Waals surface area contributed by atoms with E-state index in [1.807, 2.05) is 0 Å². The van der Waals surface area contributed by atoms with Gasteiger partial charge in [0, 0.05) is 0 Å². The van der Waals surface area contributed by atoms with Crippen LogP contribution in [0.4, 0.5) is 5.82 Å². The van der Waals surface area contributed by atoms with Crippen molar-refractivity contribution in [2.75, 3.05) is 12.3 Å². The summed E-state index contributed by atoms with van der Waals surface area (Å²) in [6.07, 6.45) is -2.81. The summed E-state index contributed by atoms with van der Waals surface area (Å²) in [6, 6.07) is -1.40. The van der Waals surface area contributed by atoms with Gasteiger partial charge in [-0.25, -0.2) is 15.0 Å². The zero-order valence-corrected chi connectivity index (χ0v) is 13.9. The Hall–Kier alpha value is -2.87. The van der Waals surface area contributed by atoms with Crippen LogP contribution < -0.4 is 11.5 Å². The summed E-state index contributed by atoms with van der Waals surface area (Å²) in [5.41, 5.74) is 11.6. The number of carbonyl (C=O) groups is 2. The number of hydrogen-bond donors (Lipinski definition) is 5. The summed E-state index contributed by atoms with van der Waals surface area (Å²) in [7, 11) is 0. The molecule has 1 aliphatic rings. The predicted molar refractivity (Wildman–Crippen MR) is 86.8 cm³/mol. The molecule has 146 valence electrons. The van der Waals surface area contributed by atoms with Crippen LogP contribution in [-0.4, -0.2) is 77.7 Å². The number of carboxylic acid groups (broad SMARTS) is 1. The maximum Gasteiger partial charge on any atom is 0.321 e. The SMILES string of the molecule is Nc1ncnc2c1ncn2[C@@H]1O[C@H](COC(=O)C[C@@H](N)C(=O)O)[C@H](O)[C@H]1O. The number of ether oxygens (including phenoxy) is 2. The Balaban J connectivity index is 1.68. The standard InChI is InChI=1S/C14H18N6O7/c15-5(14(24)25)1-7(21)26-2-6-9(22)10(23)13(27-6)20-4-19-8-11(16)17-3-18-12(8)20/h3-6,9-10,13,22-23H,1-2,15H2,(H,24,25)(H2,16,17,18)/t5-,6-,9+,10-,13-/m1/s1. The highest BCUT2D eigenvalue weighted by molar-refractivity contribution is 5.81. The molecule has 0 saturated carbocycles. The van der Waals surface area contributed by atoms with Gasteiger partial charge in [0.2, 0.25) is 0 Å². The highest BCUT2D eigenvalue weighted by atomic mass is 16.6. The number of nitrogens with two attached hydrogens (primary N) is 2.